The number of anilines is 2. The largest absolute Gasteiger partial charge is 0.467 e. The minimum atomic E-state index is -0.0361. The summed E-state index contributed by atoms with van der Waals surface area (Å²) in [6.07, 6.45) is 1.70. The van der Waals surface area contributed by atoms with Crippen molar-refractivity contribution >= 4 is 11.9 Å². The molecule has 0 fully saturated rings. The smallest absolute Gasteiger partial charge is 0.322 e. The molecular formula is C13H25N5O2. The minimum absolute atomic E-state index is 0.0361. The highest BCUT2D eigenvalue weighted by Crippen LogP contribution is 2.20. The van der Waals surface area contributed by atoms with Gasteiger partial charge in [-0.15, -0.1) is 0 Å². The molecule has 0 amide bonds. The van der Waals surface area contributed by atoms with Gasteiger partial charge in [0.15, 0.2) is 0 Å². The van der Waals surface area contributed by atoms with Gasteiger partial charge in [-0.1, -0.05) is 20.8 Å². The summed E-state index contributed by atoms with van der Waals surface area (Å²) in [5.74, 6) is 0.975. The van der Waals surface area contributed by atoms with Crippen LogP contribution in [-0.2, 0) is 0 Å². The maximum Gasteiger partial charge on any atom is 0.322 e. The minimum Gasteiger partial charge on any atom is -0.467 e. The van der Waals surface area contributed by atoms with E-state index in [9.17, 15) is 0 Å². The van der Waals surface area contributed by atoms with Gasteiger partial charge in [0.25, 0.3) is 0 Å². The Kier molecular flexibility index (Phi) is 6.44. The summed E-state index contributed by atoms with van der Waals surface area (Å²) in [6, 6.07) is 0.279. The SMILES string of the molecule is CCCNc1nc(NCC(C)(C)CCO)nc(OC)n1. The molecule has 20 heavy (non-hydrogen) atoms. The molecule has 0 saturated heterocycles. The van der Waals surface area contributed by atoms with E-state index in [2.05, 4.69) is 46.4 Å². The van der Waals surface area contributed by atoms with Crippen LogP contribution in [0.4, 0.5) is 11.9 Å². The van der Waals surface area contributed by atoms with Gasteiger partial charge in [0, 0.05) is 19.7 Å². The van der Waals surface area contributed by atoms with Crippen molar-refractivity contribution in [1.29, 1.82) is 0 Å². The molecule has 1 aromatic heterocycles. The summed E-state index contributed by atoms with van der Waals surface area (Å²) in [6.45, 7) is 7.84. The first-order valence-corrected chi connectivity index (χ1v) is 6.89. The molecule has 1 heterocycles. The third-order valence-corrected chi connectivity index (χ3v) is 2.84. The summed E-state index contributed by atoms with van der Waals surface area (Å²) in [4.78, 5) is 12.6. The Bertz CT molecular complexity index is 412. The Balaban J connectivity index is 2.73. The van der Waals surface area contributed by atoms with Crippen LogP contribution in [0.15, 0.2) is 0 Å². The molecule has 3 N–H and O–H groups in total. The monoisotopic (exact) mass is 283 g/mol. The van der Waals surface area contributed by atoms with Crippen molar-refractivity contribution in [3.8, 4) is 6.01 Å². The third-order valence-electron chi connectivity index (χ3n) is 2.84. The first kappa shape index (κ1) is 16.4. The van der Waals surface area contributed by atoms with Crippen molar-refractivity contribution in [3.63, 3.8) is 0 Å². The van der Waals surface area contributed by atoms with Crippen LogP contribution in [0, 0.1) is 5.41 Å². The predicted molar refractivity (Wildman–Crippen MR) is 79.1 cm³/mol. The summed E-state index contributed by atoms with van der Waals surface area (Å²) in [5, 5.41) is 15.3. The van der Waals surface area contributed by atoms with Crippen molar-refractivity contribution in [1.82, 2.24) is 15.0 Å². The number of aliphatic hydroxyl groups excluding tert-OH is 1. The summed E-state index contributed by atoms with van der Waals surface area (Å²) >= 11 is 0. The quantitative estimate of drug-likeness (QED) is 0.632. The van der Waals surface area contributed by atoms with Gasteiger partial charge in [-0.05, 0) is 18.3 Å². The van der Waals surface area contributed by atoms with Gasteiger partial charge in [0.05, 0.1) is 7.11 Å². The van der Waals surface area contributed by atoms with E-state index < -0.39 is 0 Å². The molecule has 0 aliphatic carbocycles. The van der Waals surface area contributed by atoms with E-state index in [-0.39, 0.29) is 18.0 Å². The molecule has 7 nitrogen and oxygen atoms in total. The summed E-state index contributed by atoms with van der Waals surface area (Å²) in [7, 11) is 1.53. The number of ether oxygens (including phenoxy) is 1. The number of hydrogen-bond acceptors (Lipinski definition) is 7. The van der Waals surface area contributed by atoms with Gasteiger partial charge in [-0.2, -0.15) is 15.0 Å². The average Bonchev–Trinajstić information content (AvgIpc) is 2.43. The van der Waals surface area contributed by atoms with E-state index in [1.165, 1.54) is 7.11 Å². The topological polar surface area (TPSA) is 92.2 Å². The predicted octanol–water partition coefficient (Wildman–Crippen LogP) is 1.52. The zero-order chi connectivity index (χ0) is 15.0. The Morgan fingerprint density at radius 1 is 1.15 bits per heavy atom. The number of hydrogen-bond donors (Lipinski definition) is 3. The van der Waals surface area contributed by atoms with Crippen LogP contribution in [0.2, 0.25) is 0 Å². The van der Waals surface area contributed by atoms with Crippen LogP contribution in [0.3, 0.4) is 0 Å². The summed E-state index contributed by atoms with van der Waals surface area (Å²) in [5.41, 5.74) is -0.0361. The number of nitrogens with zero attached hydrogens (tertiary/aromatic N) is 3. The molecule has 114 valence electrons. The number of rotatable bonds is 9. The molecule has 0 aliphatic heterocycles. The third kappa shape index (κ3) is 5.56. The van der Waals surface area contributed by atoms with Crippen LogP contribution >= 0.6 is 0 Å². The number of aromatic nitrogens is 3. The maximum absolute atomic E-state index is 9.02. The van der Waals surface area contributed by atoms with Crippen LogP contribution < -0.4 is 15.4 Å². The maximum atomic E-state index is 9.02. The molecule has 0 atom stereocenters. The van der Waals surface area contributed by atoms with Crippen LogP contribution in [0.5, 0.6) is 6.01 Å². The molecule has 1 rings (SSSR count). The standard InChI is InChI=1S/C13H25N5O2/c1-5-7-14-10-16-11(18-12(17-10)20-4)15-9-13(2,3)6-8-19/h19H,5-9H2,1-4H3,(H2,14,15,16,17,18). The second kappa shape index (κ2) is 7.84. The van der Waals surface area contributed by atoms with Gasteiger partial charge in [-0.3, -0.25) is 0 Å². The van der Waals surface area contributed by atoms with Gasteiger partial charge in [0.2, 0.25) is 11.9 Å². The van der Waals surface area contributed by atoms with E-state index >= 15 is 0 Å². The first-order chi connectivity index (χ1) is 9.50. The van der Waals surface area contributed by atoms with Crippen molar-refractivity contribution < 1.29 is 9.84 Å². The van der Waals surface area contributed by atoms with Crippen molar-refractivity contribution in [2.24, 2.45) is 5.41 Å². The van der Waals surface area contributed by atoms with Gasteiger partial charge >= 0.3 is 6.01 Å². The van der Waals surface area contributed by atoms with Gasteiger partial charge in [-0.25, -0.2) is 0 Å². The molecule has 0 aliphatic rings. The van der Waals surface area contributed by atoms with Crippen LogP contribution in [0.1, 0.15) is 33.6 Å². The highest BCUT2D eigenvalue weighted by molar-refractivity contribution is 5.35. The Labute approximate surface area is 120 Å². The lowest BCUT2D eigenvalue weighted by molar-refractivity contribution is 0.220. The Morgan fingerprint density at radius 3 is 2.35 bits per heavy atom. The lowest BCUT2D eigenvalue weighted by Gasteiger charge is -2.23. The lowest BCUT2D eigenvalue weighted by Crippen LogP contribution is -2.25. The first-order valence-electron chi connectivity index (χ1n) is 6.89. The fourth-order valence-electron chi connectivity index (χ4n) is 1.55. The molecule has 0 saturated carbocycles. The van der Waals surface area contributed by atoms with E-state index in [1.807, 2.05) is 0 Å². The molecule has 0 unspecified atom stereocenters. The Morgan fingerprint density at radius 2 is 1.80 bits per heavy atom. The van der Waals surface area contributed by atoms with Gasteiger partial charge < -0.3 is 20.5 Å². The van der Waals surface area contributed by atoms with Crippen molar-refractivity contribution in [2.75, 3.05) is 37.4 Å². The van der Waals surface area contributed by atoms with Gasteiger partial charge in [0.1, 0.15) is 0 Å². The second-order valence-electron chi connectivity index (χ2n) is 5.39. The molecule has 0 radical (unpaired) electrons. The van der Waals surface area contributed by atoms with E-state index in [1.54, 1.807) is 0 Å². The zero-order valence-corrected chi connectivity index (χ0v) is 12.7. The molecule has 0 aromatic carbocycles. The van der Waals surface area contributed by atoms with Crippen LogP contribution in [-0.4, -0.2) is 46.9 Å². The number of methoxy groups -OCH3 is 1. The van der Waals surface area contributed by atoms with Crippen molar-refractivity contribution in [2.45, 2.75) is 33.6 Å². The highest BCUT2D eigenvalue weighted by atomic mass is 16.5. The van der Waals surface area contributed by atoms with Crippen molar-refractivity contribution in [3.05, 3.63) is 0 Å². The average molecular weight is 283 g/mol. The fourth-order valence-corrected chi connectivity index (χ4v) is 1.55. The highest BCUT2D eigenvalue weighted by Gasteiger charge is 2.18. The van der Waals surface area contributed by atoms with E-state index in [4.69, 9.17) is 9.84 Å². The van der Waals surface area contributed by atoms with E-state index in [0.717, 1.165) is 13.0 Å². The molecular weight excluding hydrogens is 258 g/mol. The van der Waals surface area contributed by atoms with E-state index in [0.29, 0.717) is 24.9 Å². The lowest BCUT2D eigenvalue weighted by atomic mass is 9.90. The normalized spacial score (nSPS) is 11.2. The fraction of sp³-hybridized carbons (Fsp3) is 0.769. The van der Waals surface area contributed by atoms with Crippen LogP contribution in [0.25, 0.3) is 0 Å². The molecule has 1 aromatic rings. The Hall–Kier alpha value is -1.63. The molecule has 0 spiro atoms. The number of aliphatic hydroxyl groups is 1. The number of nitrogens with one attached hydrogen (secondary N) is 2. The second-order valence-corrected chi connectivity index (χ2v) is 5.39. The molecule has 0 bridgehead atoms. The summed E-state index contributed by atoms with van der Waals surface area (Å²) < 4.78 is 5.07. The molecule has 7 heteroatoms. The zero-order valence-electron chi connectivity index (χ0n) is 12.7.